The summed E-state index contributed by atoms with van der Waals surface area (Å²) in [7, 11) is -0.779. The van der Waals surface area contributed by atoms with Crippen LogP contribution in [0, 0.1) is 27.7 Å². The maximum absolute atomic E-state index is 13.4. The van der Waals surface area contributed by atoms with E-state index in [2.05, 4.69) is 14.9 Å². The van der Waals surface area contributed by atoms with Crippen LogP contribution < -0.4 is 14.2 Å². The van der Waals surface area contributed by atoms with Crippen molar-refractivity contribution < 1.29 is 27.2 Å². The second-order valence-electron chi connectivity index (χ2n) is 8.91. The molecule has 9 nitrogen and oxygen atoms in total. The van der Waals surface area contributed by atoms with Gasteiger partial charge in [-0.1, -0.05) is 35.5 Å². The first-order chi connectivity index (χ1) is 18.1. The van der Waals surface area contributed by atoms with Gasteiger partial charge in [0.25, 0.3) is 10.0 Å². The first-order valence-corrected chi connectivity index (χ1v) is 13.4. The van der Waals surface area contributed by atoms with Crippen LogP contribution in [0.3, 0.4) is 0 Å². The Kier molecular flexibility index (Phi) is 8.03. The Morgan fingerprint density at radius 1 is 0.947 bits per heavy atom. The van der Waals surface area contributed by atoms with Crippen molar-refractivity contribution >= 4 is 15.8 Å². The highest BCUT2D eigenvalue weighted by Gasteiger charge is 2.23. The number of hydrogen-bond donors (Lipinski definition) is 1. The quantitative estimate of drug-likeness (QED) is 0.282. The van der Waals surface area contributed by atoms with Crippen molar-refractivity contribution in [2.24, 2.45) is 0 Å². The molecule has 0 atom stereocenters. The summed E-state index contributed by atoms with van der Waals surface area (Å²) >= 11 is 0. The Morgan fingerprint density at radius 2 is 1.71 bits per heavy atom. The van der Waals surface area contributed by atoms with Crippen LogP contribution in [0.2, 0.25) is 0 Å². The predicted octanol–water partition coefficient (Wildman–Crippen LogP) is 5.51. The first-order valence-electron chi connectivity index (χ1n) is 12.0. The third kappa shape index (κ3) is 5.66. The number of hydrogen-bond acceptors (Lipinski definition) is 8. The van der Waals surface area contributed by atoms with Gasteiger partial charge >= 0.3 is 0 Å². The summed E-state index contributed by atoms with van der Waals surface area (Å²) in [6.45, 7) is 7.80. The lowest BCUT2D eigenvalue weighted by atomic mass is 9.98. The smallest absolute Gasteiger partial charge is 0.263 e. The van der Waals surface area contributed by atoms with E-state index in [4.69, 9.17) is 18.7 Å². The van der Waals surface area contributed by atoms with Gasteiger partial charge in [-0.15, -0.1) is 0 Å². The van der Waals surface area contributed by atoms with Gasteiger partial charge in [0.2, 0.25) is 0 Å². The van der Waals surface area contributed by atoms with E-state index in [9.17, 15) is 8.42 Å². The lowest BCUT2D eigenvalue weighted by molar-refractivity contribution is 0.185. The average molecular weight is 538 g/mol. The highest BCUT2D eigenvalue weighted by Crippen LogP contribution is 2.34. The Bertz CT molecular complexity index is 1560. The van der Waals surface area contributed by atoms with Crippen molar-refractivity contribution in [1.82, 2.24) is 10.1 Å². The molecule has 0 saturated heterocycles. The van der Waals surface area contributed by atoms with Gasteiger partial charge in [-0.3, -0.25) is 9.71 Å². The first kappa shape index (κ1) is 27.2. The van der Waals surface area contributed by atoms with Gasteiger partial charge in [-0.05, 0) is 56.5 Å². The van der Waals surface area contributed by atoms with Crippen LogP contribution in [0.15, 0.2) is 57.9 Å². The van der Waals surface area contributed by atoms with E-state index in [1.807, 2.05) is 38.1 Å². The largest absolute Gasteiger partial charge is 0.491 e. The molecule has 38 heavy (non-hydrogen) atoms. The van der Waals surface area contributed by atoms with Gasteiger partial charge in [0.15, 0.2) is 17.3 Å². The molecule has 0 aliphatic carbocycles. The summed E-state index contributed by atoms with van der Waals surface area (Å²) in [5.41, 5.74) is 5.20. The monoisotopic (exact) mass is 537 g/mol. The molecule has 0 unspecified atom stereocenters. The van der Waals surface area contributed by atoms with E-state index >= 15 is 0 Å². The summed E-state index contributed by atoms with van der Waals surface area (Å²) in [4.78, 5) is 4.54. The van der Waals surface area contributed by atoms with Crippen molar-refractivity contribution in [2.75, 3.05) is 18.9 Å². The number of pyridine rings is 1. The molecule has 4 aromatic rings. The molecule has 0 aliphatic heterocycles. The van der Waals surface area contributed by atoms with Gasteiger partial charge in [0, 0.05) is 30.0 Å². The van der Waals surface area contributed by atoms with Crippen molar-refractivity contribution in [3.63, 3.8) is 0 Å². The second-order valence-corrected chi connectivity index (χ2v) is 10.6. The number of nitrogens with one attached hydrogen (secondary N) is 1. The van der Waals surface area contributed by atoms with Gasteiger partial charge in [-0.2, -0.15) is 0 Å². The number of aryl methyl sites for hydroxylation is 3. The third-order valence-corrected chi connectivity index (χ3v) is 7.56. The van der Waals surface area contributed by atoms with Crippen LogP contribution in [0.5, 0.6) is 11.5 Å². The summed E-state index contributed by atoms with van der Waals surface area (Å²) in [5, 5.41) is 3.84. The molecule has 2 heterocycles. The highest BCUT2D eigenvalue weighted by atomic mass is 32.2. The molecule has 0 radical (unpaired) electrons. The number of nitrogens with zero attached hydrogens (tertiary/aromatic N) is 2. The van der Waals surface area contributed by atoms with Gasteiger partial charge in [0.05, 0.1) is 24.3 Å². The summed E-state index contributed by atoms with van der Waals surface area (Å²) in [5.74, 6) is 1.91. The van der Waals surface area contributed by atoms with Crippen molar-refractivity contribution in [2.45, 2.75) is 45.8 Å². The predicted molar refractivity (Wildman–Crippen MR) is 144 cm³/mol. The van der Waals surface area contributed by atoms with Crippen molar-refractivity contribution in [3.05, 3.63) is 82.4 Å². The maximum Gasteiger partial charge on any atom is 0.263 e. The van der Waals surface area contributed by atoms with E-state index in [0.717, 1.165) is 28.1 Å². The Morgan fingerprint density at radius 3 is 2.39 bits per heavy atom. The second kappa shape index (κ2) is 11.2. The van der Waals surface area contributed by atoms with E-state index in [-0.39, 0.29) is 23.9 Å². The van der Waals surface area contributed by atoms with Crippen LogP contribution in [-0.2, 0) is 28.0 Å². The van der Waals surface area contributed by atoms with Crippen LogP contribution in [-0.4, -0.2) is 32.8 Å². The van der Waals surface area contributed by atoms with Gasteiger partial charge in [0.1, 0.15) is 12.4 Å². The van der Waals surface area contributed by atoms with E-state index < -0.39 is 10.0 Å². The molecule has 0 amide bonds. The molecule has 10 heteroatoms. The maximum atomic E-state index is 13.4. The highest BCUT2D eigenvalue weighted by molar-refractivity contribution is 7.92. The molecular formula is C28H31N3O6S. The number of rotatable bonds is 10. The number of anilines is 1. The number of aromatic nitrogens is 2. The Hall–Kier alpha value is -3.89. The van der Waals surface area contributed by atoms with Crippen LogP contribution in [0.1, 0.15) is 33.8 Å². The van der Waals surface area contributed by atoms with Crippen LogP contribution in [0.25, 0.3) is 11.1 Å². The fourth-order valence-electron chi connectivity index (χ4n) is 4.19. The Labute approximate surface area is 222 Å². The SMILES string of the molecule is COCc1cc(COc2cc(C)nc(C)c2OC)ccc1-c1ccccc1S(=O)(=O)Nc1noc(C)c1C. The molecule has 0 spiro atoms. The van der Waals surface area contributed by atoms with Crippen LogP contribution in [0.4, 0.5) is 5.82 Å². The van der Waals surface area contributed by atoms with Crippen molar-refractivity contribution in [1.29, 1.82) is 0 Å². The third-order valence-electron chi connectivity index (χ3n) is 6.16. The molecule has 0 fully saturated rings. The standard InChI is InChI=1S/C28H31N3O6S/c1-17-13-25(27(35-6)19(3)29-17)36-15-21-11-12-23(22(14-21)16-34-5)24-9-7-8-10-26(24)38(32,33)31-28-18(2)20(4)37-30-28/h7-14H,15-16H2,1-6H3,(H,30,31). The molecule has 0 saturated carbocycles. The van der Waals surface area contributed by atoms with E-state index in [1.54, 1.807) is 52.3 Å². The molecule has 200 valence electrons. The summed E-state index contributed by atoms with van der Waals surface area (Å²) in [6.07, 6.45) is 0. The topological polar surface area (TPSA) is 113 Å². The molecule has 4 rings (SSSR count). The van der Waals surface area contributed by atoms with Crippen LogP contribution >= 0.6 is 0 Å². The molecular weight excluding hydrogens is 506 g/mol. The zero-order chi connectivity index (χ0) is 27.4. The minimum Gasteiger partial charge on any atom is -0.491 e. The molecule has 1 N–H and O–H groups in total. The minimum absolute atomic E-state index is 0.119. The fraction of sp³-hybridized carbons (Fsp3) is 0.286. The molecule has 0 aliphatic rings. The number of benzene rings is 2. The number of sulfonamides is 1. The van der Waals surface area contributed by atoms with Crippen molar-refractivity contribution in [3.8, 4) is 22.6 Å². The zero-order valence-electron chi connectivity index (χ0n) is 22.3. The zero-order valence-corrected chi connectivity index (χ0v) is 23.1. The summed E-state index contributed by atoms with van der Waals surface area (Å²) in [6, 6.07) is 14.4. The molecule has 2 aromatic heterocycles. The number of ether oxygens (including phenoxy) is 3. The van der Waals surface area contributed by atoms with E-state index in [0.29, 0.717) is 28.4 Å². The Balaban J connectivity index is 1.67. The minimum atomic E-state index is -3.96. The molecule has 2 aromatic carbocycles. The van der Waals surface area contributed by atoms with E-state index in [1.165, 1.54) is 0 Å². The van der Waals surface area contributed by atoms with Gasteiger partial charge in [-0.25, -0.2) is 8.42 Å². The normalized spacial score (nSPS) is 11.4. The summed E-state index contributed by atoms with van der Waals surface area (Å²) < 4.78 is 51.5. The lowest BCUT2D eigenvalue weighted by Crippen LogP contribution is -2.15. The average Bonchev–Trinajstić information content (AvgIpc) is 3.19. The fourth-order valence-corrected chi connectivity index (χ4v) is 5.47. The lowest BCUT2D eigenvalue weighted by Gasteiger charge is -2.17. The molecule has 0 bridgehead atoms. The number of methoxy groups -OCH3 is 2. The van der Waals surface area contributed by atoms with Gasteiger partial charge < -0.3 is 18.7 Å².